The maximum absolute atomic E-state index is 13.0. The third-order valence-electron chi connectivity index (χ3n) is 4.50. The zero-order valence-electron chi connectivity index (χ0n) is 14.4. The van der Waals surface area contributed by atoms with Crippen molar-refractivity contribution in [3.63, 3.8) is 0 Å². The van der Waals surface area contributed by atoms with Gasteiger partial charge in [0.15, 0.2) is 0 Å². The molecule has 128 valence electrons. The van der Waals surface area contributed by atoms with Gasteiger partial charge in [-0.25, -0.2) is 0 Å². The minimum Gasteiger partial charge on any atom is -0.299 e. The van der Waals surface area contributed by atoms with Gasteiger partial charge in [-0.2, -0.15) is 11.8 Å². The largest absolute Gasteiger partial charge is 0.299 e. The van der Waals surface area contributed by atoms with Crippen LogP contribution < -0.4 is 5.56 Å². The quantitative estimate of drug-likeness (QED) is 0.840. The van der Waals surface area contributed by atoms with Crippen LogP contribution in [0.1, 0.15) is 51.3 Å². The summed E-state index contributed by atoms with van der Waals surface area (Å²) in [5, 5.41) is 3.35. The molecule has 0 amide bonds. The maximum atomic E-state index is 13.0. The van der Waals surface area contributed by atoms with E-state index in [9.17, 15) is 9.59 Å². The Kier molecular flexibility index (Phi) is 4.97. The van der Waals surface area contributed by atoms with Crippen LogP contribution in [0.2, 0.25) is 0 Å². The number of carbonyl (C=O) groups excluding carboxylic acids is 1. The average Bonchev–Trinajstić information content (AvgIpc) is 2.80. The van der Waals surface area contributed by atoms with E-state index in [1.165, 1.54) is 15.1 Å². The van der Waals surface area contributed by atoms with Crippen LogP contribution in [0.3, 0.4) is 0 Å². The van der Waals surface area contributed by atoms with E-state index < -0.39 is 0 Å². The third kappa shape index (κ3) is 2.86. The molecule has 2 heterocycles. The first kappa shape index (κ1) is 17.4. The second-order valence-electron chi connectivity index (χ2n) is 6.04. The molecule has 1 unspecified atom stereocenters. The van der Waals surface area contributed by atoms with E-state index in [0.29, 0.717) is 16.5 Å². The predicted molar refractivity (Wildman–Crippen MR) is 102 cm³/mol. The van der Waals surface area contributed by atoms with Crippen LogP contribution in [0.25, 0.3) is 0 Å². The topological polar surface area (TPSA) is 54.9 Å². The van der Waals surface area contributed by atoms with Crippen LogP contribution in [-0.4, -0.2) is 27.1 Å². The molecule has 2 aromatic rings. The number of aromatic amines is 1. The summed E-state index contributed by atoms with van der Waals surface area (Å²) in [5.41, 5.74) is 3.58. The van der Waals surface area contributed by atoms with Gasteiger partial charge in [0.1, 0.15) is 5.56 Å². The van der Waals surface area contributed by atoms with Gasteiger partial charge in [-0.3, -0.25) is 19.4 Å². The van der Waals surface area contributed by atoms with Gasteiger partial charge in [0.05, 0.1) is 0 Å². The number of aromatic nitrogens is 2. The van der Waals surface area contributed by atoms with Crippen molar-refractivity contribution >= 4 is 29.3 Å². The minimum atomic E-state index is -0.261. The number of thioether (sulfide) groups is 2. The molecule has 0 spiro atoms. The van der Waals surface area contributed by atoms with Crippen molar-refractivity contribution in [3.05, 3.63) is 50.4 Å². The number of aryl methyl sites for hydroxylation is 2. The lowest BCUT2D eigenvalue weighted by atomic mass is 9.93. The number of carbonyl (C=O) groups is 1. The smallest absolute Gasteiger partial charge is 0.277 e. The Labute approximate surface area is 150 Å². The molecule has 6 heteroatoms. The van der Waals surface area contributed by atoms with E-state index in [4.69, 9.17) is 0 Å². The number of rotatable bonds is 4. The number of hydrogen-bond donors (Lipinski definition) is 1. The predicted octanol–water partition coefficient (Wildman–Crippen LogP) is 3.85. The molecule has 0 fully saturated rings. The summed E-state index contributed by atoms with van der Waals surface area (Å²) < 4.78 is 1.36. The van der Waals surface area contributed by atoms with Crippen molar-refractivity contribution in [2.45, 2.75) is 37.3 Å². The summed E-state index contributed by atoms with van der Waals surface area (Å²) in [6.45, 7) is 5.96. The molecule has 3 rings (SSSR count). The van der Waals surface area contributed by atoms with E-state index in [1.807, 2.05) is 36.5 Å². The second-order valence-corrected chi connectivity index (χ2v) is 8.65. The summed E-state index contributed by atoms with van der Waals surface area (Å²) in [6, 6.07) is 3.93. The lowest BCUT2D eigenvalue weighted by Crippen LogP contribution is -2.21. The van der Waals surface area contributed by atoms with Gasteiger partial charge < -0.3 is 0 Å². The normalized spacial score (nSPS) is 16.9. The molecule has 24 heavy (non-hydrogen) atoms. The highest BCUT2D eigenvalue weighted by atomic mass is 32.2. The first-order valence-electron chi connectivity index (χ1n) is 8.13. The van der Waals surface area contributed by atoms with Crippen molar-refractivity contribution < 1.29 is 4.79 Å². The van der Waals surface area contributed by atoms with Gasteiger partial charge >= 0.3 is 0 Å². The van der Waals surface area contributed by atoms with Crippen LogP contribution in [-0.2, 0) is 7.05 Å². The second kappa shape index (κ2) is 6.84. The van der Waals surface area contributed by atoms with E-state index in [0.717, 1.165) is 23.5 Å². The summed E-state index contributed by atoms with van der Waals surface area (Å²) >= 11 is 3.80. The summed E-state index contributed by atoms with van der Waals surface area (Å²) in [4.78, 5) is 26.6. The lowest BCUT2D eigenvalue weighted by Gasteiger charge is -2.27. The Morgan fingerprint density at radius 2 is 2.17 bits per heavy atom. The Morgan fingerprint density at radius 3 is 2.79 bits per heavy atom. The number of H-pyrrole nitrogens is 1. The van der Waals surface area contributed by atoms with Crippen molar-refractivity contribution in [2.75, 3.05) is 11.5 Å². The van der Waals surface area contributed by atoms with E-state index in [2.05, 4.69) is 18.1 Å². The van der Waals surface area contributed by atoms with Crippen molar-refractivity contribution in [2.24, 2.45) is 7.05 Å². The molecule has 1 aliphatic heterocycles. The maximum Gasteiger partial charge on any atom is 0.277 e. The molecular weight excluding hydrogens is 340 g/mol. The van der Waals surface area contributed by atoms with Crippen LogP contribution in [0, 0.1) is 13.8 Å². The molecule has 0 saturated carbocycles. The number of fused-ring (bicyclic) bond motifs is 1. The molecule has 1 atom stereocenters. The molecule has 1 N–H and O–H groups in total. The molecule has 0 radical (unpaired) electrons. The van der Waals surface area contributed by atoms with Gasteiger partial charge in [0.25, 0.3) is 5.56 Å². The fraction of sp³-hybridized carbons (Fsp3) is 0.444. The standard InChI is InChI=1S/C18H22N2O2S2/c1-5-23-14-8-9-24-13-7-6-12(10(2)15(13)14)17(21)16-11(3)19-20(4)18(16)22/h6-7,14,19H,5,8-9H2,1-4H3. The Balaban J connectivity index is 2.11. The third-order valence-corrected chi connectivity index (χ3v) is 6.82. The Hall–Kier alpha value is -1.40. The fourth-order valence-corrected chi connectivity index (χ4v) is 5.92. The van der Waals surface area contributed by atoms with Gasteiger partial charge in [-0.15, -0.1) is 11.8 Å². The zero-order valence-corrected chi connectivity index (χ0v) is 16.1. The summed E-state index contributed by atoms with van der Waals surface area (Å²) in [7, 11) is 1.64. The molecule has 0 bridgehead atoms. The minimum absolute atomic E-state index is 0.175. The van der Waals surface area contributed by atoms with Crippen LogP contribution in [0.15, 0.2) is 21.8 Å². The highest BCUT2D eigenvalue weighted by molar-refractivity contribution is 8.01. The summed E-state index contributed by atoms with van der Waals surface area (Å²) in [5.74, 6) is 2.00. The number of nitrogens with one attached hydrogen (secondary N) is 1. The van der Waals surface area contributed by atoms with E-state index >= 15 is 0 Å². The molecule has 1 aromatic heterocycles. The average molecular weight is 363 g/mol. The molecule has 1 aliphatic rings. The Morgan fingerprint density at radius 1 is 1.42 bits per heavy atom. The summed E-state index contributed by atoms with van der Waals surface area (Å²) in [6.07, 6.45) is 1.12. The van der Waals surface area contributed by atoms with Crippen molar-refractivity contribution in [3.8, 4) is 0 Å². The first-order chi connectivity index (χ1) is 11.5. The first-order valence-corrected chi connectivity index (χ1v) is 10.2. The molecule has 0 saturated heterocycles. The Bertz CT molecular complexity index is 851. The van der Waals surface area contributed by atoms with E-state index in [-0.39, 0.29) is 16.9 Å². The van der Waals surface area contributed by atoms with Crippen molar-refractivity contribution in [1.82, 2.24) is 9.78 Å². The highest BCUT2D eigenvalue weighted by Gasteiger charge is 2.27. The van der Waals surface area contributed by atoms with Crippen LogP contribution in [0.5, 0.6) is 0 Å². The van der Waals surface area contributed by atoms with Gasteiger partial charge in [0, 0.05) is 28.5 Å². The molecular formula is C18H22N2O2S2. The van der Waals surface area contributed by atoms with E-state index in [1.54, 1.807) is 14.0 Å². The van der Waals surface area contributed by atoms with Crippen LogP contribution in [0.4, 0.5) is 0 Å². The van der Waals surface area contributed by atoms with Crippen molar-refractivity contribution in [1.29, 1.82) is 0 Å². The monoisotopic (exact) mass is 362 g/mol. The molecule has 1 aromatic carbocycles. The number of benzene rings is 1. The molecule has 4 nitrogen and oxygen atoms in total. The number of ketones is 1. The number of nitrogens with zero attached hydrogens (tertiary/aromatic N) is 1. The van der Waals surface area contributed by atoms with Crippen LogP contribution >= 0.6 is 23.5 Å². The SMILES string of the molecule is CCSC1CCSc2ccc(C(=O)c3c(C)[nH]n(C)c3=O)c(C)c21. The zero-order chi connectivity index (χ0) is 17.4. The van der Waals surface area contributed by atoms with Gasteiger partial charge in [-0.05, 0) is 55.0 Å². The fourth-order valence-electron chi connectivity index (χ4n) is 3.35. The highest BCUT2D eigenvalue weighted by Crippen LogP contribution is 2.45. The number of hydrogen-bond acceptors (Lipinski definition) is 4. The molecule has 0 aliphatic carbocycles. The van der Waals surface area contributed by atoms with Gasteiger partial charge in [-0.1, -0.05) is 6.92 Å². The lowest BCUT2D eigenvalue weighted by molar-refractivity contribution is 0.103. The van der Waals surface area contributed by atoms with Gasteiger partial charge in [0.2, 0.25) is 5.78 Å².